The zero-order valence-corrected chi connectivity index (χ0v) is 21.6. The maximum absolute atomic E-state index is 13.5. The van der Waals surface area contributed by atoms with Crippen LogP contribution in [-0.2, 0) is 10.0 Å². The van der Waals surface area contributed by atoms with Crippen molar-refractivity contribution < 1.29 is 18.3 Å². The number of rotatable bonds is 6. The van der Waals surface area contributed by atoms with Crippen LogP contribution in [0.1, 0.15) is 48.6 Å². The summed E-state index contributed by atoms with van der Waals surface area (Å²) in [5.74, 6) is -0.149. The van der Waals surface area contributed by atoms with Crippen LogP contribution in [0.2, 0.25) is 0 Å². The molecule has 1 aliphatic carbocycles. The Hall–Kier alpha value is -4.56. The summed E-state index contributed by atoms with van der Waals surface area (Å²) in [6.45, 7) is 0. The predicted octanol–water partition coefficient (Wildman–Crippen LogP) is 5.03. The van der Waals surface area contributed by atoms with Crippen LogP contribution in [0.5, 0.6) is 0 Å². The largest absolute Gasteiger partial charge is 0.477 e. The van der Waals surface area contributed by atoms with Crippen molar-refractivity contribution in [2.24, 2.45) is 5.92 Å². The summed E-state index contributed by atoms with van der Waals surface area (Å²) in [6.07, 6.45) is 8.57. The molecule has 39 heavy (non-hydrogen) atoms. The predicted molar refractivity (Wildman–Crippen MR) is 143 cm³/mol. The number of hydrogen-bond acceptors (Lipinski definition) is 7. The van der Waals surface area contributed by atoms with Crippen molar-refractivity contribution in [2.75, 3.05) is 0 Å². The molecule has 1 saturated carbocycles. The lowest BCUT2D eigenvalue weighted by atomic mass is 9.84. The fraction of sp³-hybridized carbons (Fsp3) is 0.250. The number of carboxylic acid groups (broad SMARTS) is 1. The average Bonchev–Trinajstić information content (AvgIpc) is 3.56. The summed E-state index contributed by atoms with van der Waals surface area (Å²) >= 11 is 0. The molecular weight excluding hydrogens is 516 g/mol. The third-order valence-corrected chi connectivity index (χ3v) is 9.11. The van der Waals surface area contributed by atoms with Crippen LogP contribution >= 0.6 is 0 Å². The maximum atomic E-state index is 13.5. The Morgan fingerprint density at radius 3 is 2.46 bits per heavy atom. The molecule has 6 rings (SSSR count). The van der Waals surface area contributed by atoms with E-state index >= 15 is 0 Å². The van der Waals surface area contributed by atoms with Gasteiger partial charge in [0, 0.05) is 35.8 Å². The molecule has 196 valence electrons. The fourth-order valence-electron chi connectivity index (χ4n) is 5.50. The molecule has 0 aliphatic heterocycles. The van der Waals surface area contributed by atoms with Crippen molar-refractivity contribution in [2.45, 2.75) is 43.0 Å². The SMILES string of the molecule is N#CCC1CCC(n2c(-c3ccc(C(=O)O)nc3)nc3cnc4c(ccn4S(=O)(=O)c4ccccc4)c32)CC1. The summed E-state index contributed by atoms with van der Waals surface area (Å²) in [7, 11) is -3.87. The monoisotopic (exact) mass is 540 g/mol. The molecule has 4 aromatic heterocycles. The van der Waals surface area contributed by atoms with Gasteiger partial charge in [-0.3, -0.25) is 0 Å². The van der Waals surface area contributed by atoms with E-state index in [0.717, 1.165) is 31.2 Å². The van der Waals surface area contributed by atoms with Gasteiger partial charge in [0.25, 0.3) is 10.0 Å². The van der Waals surface area contributed by atoms with Gasteiger partial charge in [-0.1, -0.05) is 18.2 Å². The van der Waals surface area contributed by atoms with Crippen LogP contribution in [0.15, 0.2) is 72.0 Å². The minimum atomic E-state index is -3.87. The van der Waals surface area contributed by atoms with Crippen LogP contribution in [0, 0.1) is 17.2 Å². The minimum absolute atomic E-state index is 0.0544. The van der Waals surface area contributed by atoms with E-state index in [1.807, 2.05) is 0 Å². The van der Waals surface area contributed by atoms with Crippen LogP contribution in [-0.4, -0.2) is 43.0 Å². The van der Waals surface area contributed by atoms with E-state index in [2.05, 4.69) is 20.6 Å². The zero-order chi connectivity index (χ0) is 27.1. The molecule has 0 bridgehead atoms. The first-order valence-corrected chi connectivity index (χ1v) is 14.1. The summed E-state index contributed by atoms with van der Waals surface area (Å²) in [4.78, 5) is 25.0. The van der Waals surface area contributed by atoms with Crippen LogP contribution in [0.25, 0.3) is 33.5 Å². The third-order valence-electron chi connectivity index (χ3n) is 7.43. The summed E-state index contributed by atoms with van der Waals surface area (Å²) in [6, 6.07) is 15.4. The molecule has 1 aromatic carbocycles. The molecule has 5 aromatic rings. The van der Waals surface area contributed by atoms with Gasteiger partial charge in [-0.2, -0.15) is 5.26 Å². The second-order valence-corrected chi connectivity index (χ2v) is 11.6. The molecular formula is C28H24N6O4S. The first kappa shape index (κ1) is 24.8. The smallest absolute Gasteiger partial charge is 0.354 e. The Kier molecular flexibility index (Phi) is 6.12. The standard InChI is InChI=1S/C28H24N6O4S/c29-14-12-18-6-9-20(10-7-18)34-25-22-13-15-33(39(37,38)21-4-2-1-3-5-21)27(22)31-17-24(25)32-26(34)19-8-11-23(28(35)36)30-16-19/h1-5,8,11,13,15-18,20H,6-7,9-10,12H2,(H,35,36). The van der Waals surface area contributed by atoms with Gasteiger partial charge in [-0.05, 0) is 61.9 Å². The minimum Gasteiger partial charge on any atom is -0.477 e. The molecule has 0 saturated heterocycles. The number of fused-ring (bicyclic) bond motifs is 3. The molecule has 11 heteroatoms. The number of aromatic nitrogens is 5. The van der Waals surface area contributed by atoms with E-state index < -0.39 is 16.0 Å². The van der Waals surface area contributed by atoms with Crippen LogP contribution in [0.3, 0.4) is 0 Å². The van der Waals surface area contributed by atoms with Gasteiger partial charge in [-0.25, -0.2) is 32.1 Å². The second-order valence-electron chi connectivity index (χ2n) is 9.74. The first-order chi connectivity index (χ1) is 18.9. The summed E-state index contributed by atoms with van der Waals surface area (Å²) < 4.78 is 30.2. The number of nitrogens with zero attached hydrogens (tertiary/aromatic N) is 6. The molecule has 4 heterocycles. The Morgan fingerprint density at radius 2 is 1.79 bits per heavy atom. The highest BCUT2D eigenvalue weighted by Crippen LogP contribution is 2.40. The number of hydrogen-bond donors (Lipinski definition) is 1. The van der Waals surface area contributed by atoms with E-state index in [1.54, 1.807) is 48.7 Å². The number of imidazole rings is 1. The topological polar surface area (TPSA) is 144 Å². The van der Waals surface area contributed by atoms with E-state index in [4.69, 9.17) is 10.2 Å². The molecule has 0 radical (unpaired) electrons. The summed E-state index contributed by atoms with van der Waals surface area (Å²) in [5.41, 5.74) is 2.26. The highest BCUT2D eigenvalue weighted by molar-refractivity contribution is 7.90. The Bertz CT molecular complexity index is 1850. The lowest BCUT2D eigenvalue weighted by Crippen LogP contribution is -2.19. The zero-order valence-electron chi connectivity index (χ0n) is 20.8. The van der Waals surface area contributed by atoms with Crippen LogP contribution in [0.4, 0.5) is 0 Å². The molecule has 10 nitrogen and oxygen atoms in total. The average molecular weight is 541 g/mol. The van der Waals surface area contributed by atoms with E-state index in [1.165, 1.54) is 22.4 Å². The van der Waals surface area contributed by atoms with E-state index in [0.29, 0.717) is 40.3 Å². The van der Waals surface area contributed by atoms with Crippen molar-refractivity contribution in [1.29, 1.82) is 5.26 Å². The number of pyridine rings is 2. The third kappa shape index (κ3) is 4.23. The highest BCUT2D eigenvalue weighted by atomic mass is 32.2. The van der Waals surface area contributed by atoms with Gasteiger partial charge in [0.15, 0.2) is 5.65 Å². The van der Waals surface area contributed by atoms with E-state index in [-0.39, 0.29) is 16.6 Å². The number of carbonyl (C=O) groups is 1. The van der Waals surface area contributed by atoms with Crippen molar-refractivity contribution in [3.05, 3.63) is 72.8 Å². The fourth-order valence-corrected chi connectivity index (χ4v) is 6.82. The van der Waals surface area contributed by atoms with Gasteiger partial charge >= 0.3 is 5.97 Å². The maximum Gasteiger partial charge on any atom is 0.354 e. The molecule has 1 N–H and O–H groups in total. The quantitative estimate of drug-likeness (QED) is 0.316. The Labute approximate surface area is 224 Å². The molecule has 0 amide bonds. The molecule has 0 spiro atoms. The van der Waals surface area contributed by atoms with Crippen molar-refractivity contribution in [1.82, 2.24) is 23.5 Å². The van der Waals surface area contributed by atoms with Gasteiger partial charge in [0.05, 0.1) is 22.7 Å². The van der Waals surface area contributed by atoms with Gasteiger partial charge < -0.3 is 9.67 Å². The first-order valence-electron chi connectivity index (χ1n) is 12.6. The molecule has 1 fully saturated rings. The van der Waals surface area contributed by atoms with Gasteiger partial charge in [0.2, 0.25) is 0 Å². The number of aromatic carboxylic acids is 1. The van der Waals surface area contributed by atoms with Gasteiger partial charge in [-0.15, -0.1) is 0 Å². The highest BCUT2D eigenvalue weighted by Gasteiger charge is 2.29. The Balaban J connectivity index is 1.55. The normalized spacial score (nSPS) is 17.8. The molecule has 0 unspecified atom stereocenters. The van der Waals surface area contributed by atoms with Crippen molar-refractivity contribution in [3.8, 4) is 17.5 Å². The van der Waals surface area contributed by atoms with Gasteiger partial charge in [0.1, 0.15) is 17.0 Å². The number of benzene rings is 1. The summed E-state index contributed by atoms with van der Waals surface area (Å²) in [5, 5.41) is 19.1. The van der Waals surface area contributed by atoms with Crippen LogP contribution < -0.4 is 0 Å². The van der Waals surface area contributed by atoms with E-state index in [9.17, 15) is 18.3 Å². The molecule has 1 aliphatic rings. The van der Waals surface area contributed by atoms with Crippen molar-refractivity contribution in [3.63, 3.8) is 0 Å². The Morgan fingerprint density at radius 1 is 1.03 bits per heavy atom. The van der Waals surface area contributed by atoms with Crippen molar-refractivity contribution >= 4 is 38.1 Å². The lowest BCUT2D eigenvalue weighted by molar-refractivity contribution is 0.0690. The molecule has 0 atom stereocenters. The number of carboxylic acids is 1. The lowest BCUT2D eigenvalue weighted by Gasteiger charge is -2.30. The second kappa shape index (κ2) is 9.63. The number of nitriles is 1.